The fourth-order valence-electron chi connectivity index (χ4n) is 5.74. The van der Waals surface area contributed by atoms with E-state index < -0.39 is 5.97 Å². The monoisotopic (exact) mass is 512 g/mol. The van der Waals surface area contributed by atoms with E-state index in [9.17, 15) is 9.90 Å². The van der Waals surface area contributed by atoms with E-state index in [0.29, 0.717) is 0 Å². The molecule has 2 heterocycles. The maximum absolute atomic E-state index is 12.0. The standard InChI is InChI=1S/C31H36N4O3/c1-19-7-12-28-24(13-19)17-35(18-31(4,5)38-28)16-23-14-22(9-8-20(23)2)26(15-29(36)37)25-10-11-27-30(21(25)3)32-33-34(27)6/h7-14,26H,15-18H2,1-6H3,(H,36,37)/t26-/m0/s1. The molecule has 0 radical (unpaired) electrons. The first kappa shape index (κ1) is 25.9. The molecule has 0 fully saturated rings. The number of carbonyl (C=O) groups is 1. The van der Waals surface area contributed by atoms with Crippen LogP contribution in [0.1, 0.15) is 65.1 Å². The van der Waals surface area contributed by atoms with Crippen LogP contribution in [0.15, 0.2) is 48.5 Å². The van der Waals surface area contributed by atoms with E-state index in [4.69, 9.17) is 4.74 Å². The number of aryl methyl sites for hydroxylation is 4. The quantitative estimate of drug-likeness (QED) is 0.358. The van der Waals surface area contributed by atoms with Gasteiger partial charge in [0, 0.05) is 38.2 Å². The summed E-state index contributed by atoms with van der Waals surface area (Å²) in [5.41, 5.74) is 9.17. The zero-order valence-corrected chi connectivity index (χ0v) is 23.1. The van der Waals surface area contributed by atoms with Crippen LogP contribution in [0.5, 0.6) is 5.75 Å². The summed E-state index contributed by atoms with van der Waals surface area (Å²) < 4.78 is 8.14. The first-order valence-corrected chi connectivity index (χ1v) is 13.1. The minimum absolute atomic E-state index is 0.00630. The maximum atomic E-state index is 12.0. The van der Waals surface area contributed by atoms with Crippen molar-refractivity contribution >= 4 is 17.0 Å². The van der Waals surface area contributed by atoms with Crippen LogP contribution in [0, 0.1) is 20.8 Å². The molecule has 1 aliphatic heterocycles. The fraction of sp³-hybridized carbons (Fsp3) is 0.387. The van der Waals surface area contributed by atoms with Crippen LogP contribution < -0.4 is 4.74 Å². The van der Waals surface area contributed by atoms with Gasteiger partial charge in [0.2, 0.25) is 0 Å². The highest BCUT2D eigenvalue weighted by Crippen LogP contribution is 2.35. The Morgan fingerprint density at radius 1 is 1.11 bits per heavy atom. The average molecular weight is 513 g/mol. The molecule has 1 atom stereocenters. The molecular formula is C31H36N4O3. The molecule has 7 heteroatoms. The summed E-state index contributed by atoms with van der Waals surface area (Å²) in [6, 6.07) is 16.8. The van der Waals surface area contributed by atoms with E-state index in [1.165, 1.54) is 22.3 Å². The number of aromatic nitrogens is 3. The van der Waals surface area contributed by atoms with Crippen LogP contribution >= 0.6 is 0 Å². The largest absolute Gasteiger partial charge is 0.486 e. The number of nitrogens with zero attached hydrogens (tertiary/aromatic N) is 4. The lowest BCUT2D eigenvalue weighted by Crippen LogP contribution is -2.40. The van der Waals surface area contributed by atoms with Crippen LogP contribution in [0.3, 0.4) is 0 Å². The lowest BCUT2D eigenvalue weighted by atomic mass is 9.84. The van der Waals surface area contributed by atoms with Crippen molar-refractivity contribution in [3.05, 3.63) is 87.5 Å². The van der Waals surface area contributed by atoms with Gasteiger partial charge in [0.1, 0.15) is 16.9 Å². The second-order valence-electron chi connectivity index (χ2n) is 11.3. The van der Waals surface area contributed by atoms with Gasteiger partial charge in [0.05, 0.1) is 11.9 Å². The van der Waals surface area contributed by atoms with E-state index in [1.54, 1.807) is 4.68 Å². The number of benzene rings is 3. The van der Waals surface area contributed by atoms with E-state index in [0.717, 1.165) is 53.1 Å². The van der Waals surface area contributed by atoms with Gasteiger partial charge >= 0.3 is 5.97 Å². The van der Waals surface area contributed by atoms with Gasteiger partial charge in [0.25, 0.3) is 0 Å². The molecule has 5 rings (SSSR count). The second kappa shape index (κ2) is 9.87. The third-order valence-corrected chi connectivity index (χ3v) is 7.60. The van der Waals surface area contributed by atoms with Gasteiger partial charge in [-0.1, -0.05) is 47.2 Å². The Bertz CT molecular complexity index is 1520. The van der Waals surface area contributed by atoms with Gasteiger partial charge < -0.3 is 9.84 Å². The highest BCUT2D eigenvalue weighted by Gasteiger charge is 2.30. The van der Waals surface area contributed by atoms with Crippen LogP contribution in [-0.2, 0) is 24.9 Å². The first-order valence-electron chi connectivity index (χ1n) is 13.1. The number of aliphatic carboxylic acids is 1. The van der Waals surface area contributed by atoms with Crippen LogP contribution in [0.25, 0.3) is 11.0 Å². The molecule has 0 bridgehead atoms. The normalized spacial score (nSPS) is 16.1. The number of carboxylic acid groups (broad SMARTS) is 1. The van der Waals surface area contributed by atoms with Crippen molar-refractivity contribution in [1.82, 2.24) is 19.9 Å². The molecule has 1 N–H and O–H groups in total. The highest BCUT2D eigenvalue weighted by molar-refractivity contribution is 5.80. The molecular weight excluding hydrogens is 476 g/mol. The topological polar surface area (TPSA) is 80.5 Å². The second-order valence-corrected chi connectivity index (χ2v) is 11.3. The van der Waals surface area contributed by atoms with Crippen molar-refractivity contribution in [1.29, 1.82) is 0 Å². The Morgan fingerprint density at radius 3 is 2.66 bits per heavy atom. The summed E-state index contributed by atoms with van der Waals surface area (Å²) in [6.45, 7) is 12.8. The third-order valence-electron chi connectivity index (χ3n) is 7.60. The van der Waals surface area contributed by atoms with E-state index in [-0.39, 0.29) is 17.9 Å². The summed E-state index contributed by atoms with van der Waals surface area (Å²) in [5, 5.41) is 18.3. The van der Waals surface area contributed by atoms with Crippen molar-refractivity contribution in [3.8, 4) is 5.75 Å². The van der Waals surface area contributed by atoms with Gasteiger partial charge in [-0.3, -0.25) is 9.69 Å². The lowest BCUT2D eigenvalue weighted by molar-refractivity contribution is -0.137. The summed E-state index contributed by atoms with van der Waals surface area (Å²) in [7, 11) is 1.87. The molecule has 0 saturated heterocycles. The minimum Gasteiger partial charge on any atom is -0.486 e. The smallest absolute Gasteiger partial charge is 0.304 e. The van der Waals surface area contributed by atoms with Gasteiger partial charge in [-0.2, -0.15) is 0 Å². The Labute approximate surface area is 224 Å². The number of carboxylic acids is 1. The maximum Gasteiger partial charge on any atom is 0.304 e. The molecule has 7 nitrogen and oxygen atoms in total. The molecule has 0 spiro atoms. The summed E-state index contributed by atoms with van der Waals surface area (Å²) >= 11 is 0. The van der Waals surface area contributed by atoms with Crippen molar-refractivity contribution in [2.24, 2.45) is 7.05 Å². The lowest BCUT2D eigenvalue weighted by Gasteiger charge is -2.30. The van der Waals surface area contributed by atoms with Crippen LogP contribution in [0.4, 0.5) is 0 Å². The van der Waals surface area contributed by atoms with Crippen LogP contribution in [0.2, 0.25) is 0 Å². The predicted octanol–water partition coefficient (Wildman–Crippen LogP) is 5.67. The number of rotatable bonds is 6. The summed E-state index contributed by atoms with van der Waals surface area (Å²) in [5.74, 6) is -0.162. The van der Waals surface area contributed by atoms with Gasteiger partial charge in [-0.05, 0) is 74.6 Å². The molecule has 1 aromatic heterocycles. The highest BCUT2D eigenvalue weighted by atomic mass is 16.5. The van der Waals surface area contributed by atoms with E-state index >= 15 is 0 Å². The number of ether oxygens (including phenoxy) is 1. The zero-order chi connectivity index (χ0) is 27.2. The molecule has 198 valence electrons. The van der Waals surface area contributed by atoms with Crippen molar-refractivity contribution in [2.45, 2.75) is 65.6 Å². The Balaban J connectivity index is 1.51. The molecule has 1 aliphatic rings. The predicted molar refractivity (Wildman–Crippen MR) is 149 cm³/mol. The molecule has 38 heavy (non-hydrogen) atoms. The number of fused-ring (bicyclic) bond motifs is 2. The molecule has 0 unspecified atom stereocenters. The van der Waals surface area contributed by atoms with Crippen molar-refractivity contribution in [3.63, 3.8) is 0 Å². The summed E-state index contributed by atoms with van der Waals surface area (Å²) in [4.78, 5) is 14.4. The van der Waals surface area contributed by atoms with Crippen LogP contribution in [-0.4, -0.2) is 43.1 Å². The van der Waals surface area contributed by atoms with Gasteiger partial charge in [0.15, 0.2) is 0 Å². The number of hydrogen-bond acceptors (Lipinski definition) is 5. The molecule has 0 aliphatic carbocycles. The Hall–Kier alpha value is -3.71. The van der Waals surface area contributed by atoms with Gasteiger partial charge in [-0.15, -0.1) is 5.10 Å². The summed E-state index contributed by atoms with van der Waals surface area (Å²) in [6.07, 6.45) is 0.00630. The van der Waals surface area contributed by atoms with Crippen molar-refractivity contribution < 1.29 is 14.6 Å². The Kier molecular flexibility index (Phi) is 6.73. The zero-order valence-electron chi connectivity index (χ0n) is 23.1. The minimum atomic E-state index is -0.825. The number of hydrogen-bond donors (Lipinski definition) is 1. The van der Waals surface area contributed by atoms with Gasteiger partial charge in [-0.25, -0.2) is 4.68 Å². The molecule has 0 saturated carbocycles. The average Bonchev–Trinajstić information content (AvgIpc) is 3.16. The van der Waals surface area contributed by atoms with Crippen molar-refractivity contribution in [2.75, 3.05) is 6.54 Å². The molecule has 3 aromatic carbocycles. The van der Waals surface area contributed by atoms with E-state index in [2.05, 4.69) is 79.3 Å². The fourth-order valence-corrected chi connectivity index (χ4v) is 5.74. The molecule has 0 amide bonds. The molecule has 4 aromatic rings. The third kappa shape index (κ3) is 5.16. The SMILES string of the molecule is Cc1ccc2c(c1)CN(Cc1cc([C@H](CC(=O)O)c3ccc4c(nnn4C)c3C)ccc1C)CC(C)(C)O2. The Morgan fingerprint density at radius 2 is 1.89 bits per heavy atom. The first-order chi connectivity index (χ1) is 18.0. The van der Waals surface area contributed by atoms with E-state index in [1.807, 2.05) is 26.1 Å².